The SMILES string of the molecule is COc1ccc(C(=O)NCCNC(=O)c2ccco2)cc1S(=O)(=O)N(C)Cc1ccccc1. The highest BCUT2D eigenvalue weighted by Gasteiger charge is 2.26. The number of carbonyl (C=O) groups excluding carboxylic acids is 2. The monoisotopic (exact) mass is 471 g/mol. The second kappa shape index (κ2) is 10.8. The summed E-state index contributed by atoms with van der Waals surface area (Å²) in [5, 5.41) is 5.27. The van der Waals surface area contributed by atoms with E-state index < -0.39 is 21.8 Å². The van der Waals surface area contributed by atoms with Crippen LogP contribution in [0.4, 0.5) is 0 Å². The number of benzene rings is 2. The average molecular weight is 472 g/mol. The van der Waals surface area contributed by atoms with Crippen LogP contribution >= 0.6 is 0 Å². The molecule has 33 heavy (non-hydrogen) atoms. The van der Waals surface area contributed by atoms with Crippen molar-refractivity contribution in [1.82, 2.24) is 14.9 Å². The van der Waals surface area contributed by atoms with Gasteiger partial charge >= 0.3 is 0 Å². The molecule has 0 saturated carbocycles. The number of hydrogen-bond donors (Lipinski definition) is 2. The van der Waals surface area contributed by atoms with E-state index in [2.05, 4.69) is 10.6 Å². The van der Waals surface area contributed by atoms with Gasteiger partial charge in [-0.3, -0.25) is 9.59 Å². The lowest BCUT2D eigenvalue weighted by Crippen LogP contribution is -2.34. The third kappa shape index (κ3) is 5.99. The fraction of sp³-hybridized carbons (Fsp3) is 0.217. The molecule has 2 aromatic carbocycles. The highest BCUT2D eigenvalue weighted by molar-refractivity contribution is 7.89. The Balaban J connectivity index is 1.67. The van der Waals surface area contributed by atoms with Gasteiger partial charge in [0, 0.05) is 32.2 Å². The van der Waals surface area contributed by atoms with Gasteiger partial charge in [0.25, 0.3) is 11.8 Å². The smallest absolute Gasteiger partial charge is 0.287 e. The topological polar surface area (TPSA) is 118 Å². The van der Waals surface area contributed by atoms with Gasteiger partial charge in [0.1, 0.15) is 10.6 Å². The summed E-state index contributed by atoms with van der Waals surface area (Å²) in [5.74, 6) is -0.566. The molecule has 0 aliphatic rings. The Hall–Kier alpha value is -3.63. The van der Waals surface area contributed by atoms with Gasteiger partial charge in [-0.2, -0.15) is 4.31 Å². The number of ether oxygens (including phenoxy) is 1. The van der Waals surface area contributed by atoms with E-state index >= 15 is 0 Å². The second-order valence-electron chi connectivity index (χ2n) is 7.10. The van der Waals surface area contributed by atoms with Gasteiger partial charge in [0.2, 0.25) is 10.0 Å². The van der Waals surface area contributed by atoms with E-state index in [1.807, 2.05) is 30.3 Å². The predicted octanol–water partition coefficient (Wildman–Crippen LogP) is 2.27. The number of carbonyl (C=O) groups is 2. The summed E-state index contributed by atoms with van der Waals surface area (Å²) in [6.07, 6.45) is 1.39. The summed E-state index contributed by atoms with van der Waals surface area (Å²) in [7, 11) is -1.10. The van der Waals surface area contributed by atoms with Crippen LogP contribution in [0.2, 0.25) is 0 Å². The standard InChI is InChI=1S/C23H25N3O6S/c1-26(16-17-7-4-3-5-8-17)33(29,30)21-15-18(10-11-19(21)31-2)22(27)24-12-13-25-23(28)20-9-6-14-32-20/h3-11,14-15H,12-13,16H2,1-2H3,(H,24,27)(H,25,28). The Labute approximate surface area is 192 Å². The number of nitrogens with one attached hydrogen (secondary N) is 2. The van der Waals surface area contributed by atoms with Crippen molar-refractivity contribution in [2.24, 2.45) is 0 Å². The molecular weight excluding hydrogens is 446 g/mol. The molecule has 3 aromatic rings. The molecule has 2 N–H and O–H groups in total. The van der Waals surface area contributed by atoms with Crippen molar-refractivity contribution in [3.05, 3.63) is 83.8 Å². The van der Waals surface area contributed by atoms with Crippen LogP contribution in [0, 0.1) is 0 Å². The molecule has 0 spiro atoms. The zero-order valence-electron chi connectivity index (χ0n) is 18.3. The van der Waals surface area contributed by atoms with Crippen LogP contribution in [-0.2, 0) is 16.6 Å². The van der Waals surface area contributed by atoms with Gasteiger partial charge in [-0.25, -0.2) is 8.42 Å². The number of furan rings is 1. The van der Waals surface area contributed by atoms with Crippen molar-refractivity contribution in [3.63, 3.8) is 0 Å². The van der Waals surface area contributed by atoms with Crippen LogP contribution in [0.1, 0.15) is 26.5 Å². The third-order valence-corrected chi connectivity index (χ3v) is 6.63. The number of sulfonamides is 1. The Kier molecular flexibility index (Phi) is 7.86. The highest BCUT2D eigenvalue weighted by Crippen LogP contribution is 2.28. The zero-order valence-corrected chi connectivity index (χ0v) is 19.1. The van der Waals surface area contributed by atoms with Crippen LogP contribution in [0.5, 0.6) is 5.75 Å². The Morgan fingerprint density at radius 1 is 0.970 bits per heavy atom. The Bertz CT molecular complexity index is 1190. The molecule has 1 heterocycles. The molecule has 0 saturated heterocycles. The van der Waals surface area contributed by atoms with E-state index in [1.54, 1.807) is 6.07 Å². The molecule has 0 aliphatic heterocycles. The normalized spacial score (nSPS) is 11.2. The van der Waals surface area contributed by atoms with E-state index in [9.17, 15) is 18.0 Å². The minimum atomic E-state index is -3.94. The molecule has 0 bridgehead atoms. The summed E-state index contributed by atoms with van der Waals surface area (Å²) in [5.41, 5.74) is 0.980. The second-order valence-corrected chi connectivity index (χ2v) is 9.11. The molecule has 10 heteroatoms. The maximum absolute atomic E-state index is 13.2. The summed E-state index contributed by atoms with van der Waals surface area (Å²) in [6, 6.07) is 16.5. The zero-order chi connectivity index (χ0) is 23.8. The van der Waals surface area contributed by atoms with Gasteiger partial charge in [-0.05, 0) is 35.9 Å². The maximum Gasteiger partial charge on any atom is 0.287 e. The van der Waals surface area contributed by atoms with Crippen molar-refractivity contribution >= 4 is 21.8 Å². The first kappa shape index (κ1) is 24.0. The van der Waals surface area contributed by atoms with Crippen molar-refractivity contribution < 1.29 is 27.2 Å². The lowest BCUT2D eigenvalue weighted by Gasteiger charge is -2.19. The molecule has 0 fully saturated rings. The fourth-order valence-electron chi connectivity index (χ4n) is 3.06. The van der Waals surface area contributed by atoms with Crippen LogP contribution in [0.15, 0.2) is 76.2 Å². The largest absolute Gasteiger partial charge is 0.495 e. The van der Waals surface area contributed by atoms with Gasteiger partial charge < -0.3 is 19.8 Å². The summed E-state index contributed by atoms with van der Waals surface area (Å²) in [4.78, 5) is 24.3. The minimum Gasteiger partial charge on any atom is -0.495 e. The predicted molar refractivity (Wildman–Crippen MR) is 121 cm³/mol. The highest BCUT2D eigenvalue weighted by atomic mass is 32.2. The van der Waals surface area contributed by atoms with Crippen LogP contribution in [0.3, 0.4) is 0 Å². The van der Waals surface area contributed by atoms with Crippen molar-refractivity contribution in [3.8, 4) is 5.75 Å². The van der Waals surface area contributed by atoms with Crippen LogP contribution in [0.25, 0.3) is 0 Å². The molecule has 1 aromatic heterocycles. The number of methoxy groups -OCH3 is 1. The summed E-state index contributed by atoms with van der Waals surface area (Å²) >= 11 is 0. The molecule has 0 aliphatic carbocycles. The van der Waals surface area contributed by atoms with E-state index in [-0.39, 0.29) is 41.6 Å². The summed E-state index contributed by atoms with van der Waals surface area (Å²) < 4.78 is 37.8. The van der Waals surface area contributed by atoms with Crippen LogP contribution in [-0.4, -0.2) is 51.8 Å². The Morgan fingerprint density at radius 3 is 2.30 bits per heavy atom. The number of nitrogens with zero attached hydrogens (tertiary/aromatic N) is 1. The van der Waals surface area contributed by atoms with Gasteiger partial charge in [-0.1, -0.05) is 30.3 Å². The maximum atomic E-state index is 13.2. The van der Waals surface area contributed by atoms with Gasteiger partial charge in [0.15, 0.2) is 5.76 Å². The Morgan fingerprint density at radius 2 is 1.67 bits per heavy atom. The van der Waals surface area contributed by atoms with Gasteiger partial charge in [0.05, 0.1) is 13.4 Å². The average Bonchev–Trinajstić information content (AvgIpc) is 3.37. The minimum absolute atomic E-state index is 0.109. The molecule has 174 valence electrons. The first-order valence-corrected chi connectivity index (χ1v) is 11.5. The quantitative estimate of drug-likeness (QED) is 0.438. The molecule has 0 unspecified atom stereocenters. The fourth-order valence-corrected chi connectivity index (χ4v) is 4.40. The lowest BCUT2D eigenvalue weighted by atomic mass is 10.2. The number of hydrogen-bond acceptors (Lipinski definition) is 6. The molecule has 2 amide bonds. The van der Waals surface area contributed by atoms with E-state index in [0.717, 1.165) is 5.56 Å². The molecule has 0 atom stereocenters. The lowest BCUT2D eigenvalue weighted by molar-refractivity contribution is 0.0910. The number of amides is 2. The van der Waals surface area contributed by atoms with Crippen molar-refractivity contribution in [1.29, 1.82) is 0 Å². The van der Waals surface area contributed by atoms with Crippen molar-refractivity contribution in [2.45, 2.75) is 11.4 Å². The van der Waals surface area contributed by atoms with Gasteiger partial charge in [-0.15, -0.1) is 0 Å². The van der Waals surface area contributed by atoms with E-state index in [4.69, 9.17) is 9.15 Å². The molecular formula is C23H25N3O6S. The first-order chi connectivity index (χ1) is 15.8. The van der Waals surface area contributed by atoms with E-state index in [0.29, 0.717) is 0 Å². The molecule has 3 rings (SSSR count). The molecule has 0 radical (unpaired) electrons. The van der Waals surface area contributed by atoms with Crippen molar-refractivity contribution in [2.75, 3.05) is 27.2 Å². The number of rotatable bonds is 10. The van der Waals surface area contributed by atoms with E-state index in [1.165, 1.54) is 49.0 Å². The van der Waals surface area contributed by atoms with Crippen LogP contribution < -0.4 is 15.4 Å². The molecule has 9 nitrogen and oxygen atoms in total. The third-order valence-electron chi connectivity index (χ3n) is 4.80. The first-order valence-electron chi connectivity index (χ1n) is 10.1. The summed E-state index contributed by atoms with van der Waals surface area (Å²) in [6.45, 7) is 0.484.